The molecular formula is C15H27B. The fourth-order valence-electron chi connectivity index (χ4n) is 4.12. The van der Waals surface area contributed by atoms with Crippen LogP contribution >= 0.6 is 0 Å². The maximum Gasteiger partial charge on any atom is 0.115 e. The van der Waals surface area contributed by atoms with Crippen LogP contribution in [0.4, 0.5) is 0 Å². The van der Waals surface area contributed by atoms with Crippen molar-refractivity contribution in [2.24, 2.45) is 11.8 Å². The molecule has 2 fully saturated rings. The monoisotopic (exact) mass is 218 g/mol. The smallest absolute Gasteiger partial charge is 0.103 e. The van der Waals surface area contributed by atoms with Crippen molar-refractivity contribution in [2.45, 2.75) is 69.5 Å². The average molecular weight is 218 g/mol. The van der Waals surface area contributed by atoms with Crippen molar-refractivity contribution in [1.82, 2.24) is 0 Å². The van der Waals surface area contributed by atoms with Gasteiger partial charge in [0.1, 0.15) is 7.85 Å². The van der Waals surface area contributed by atoms with Gasteiger partial charge in [-0.15, -0.1) is 6.58 Å². The quantitative estimate of drug-likeness (QED) is 0.493. The highest BCUT2D eigenvalue weighted by Crippen LogP contribution is 2.52. The molecule has 0 radical (unpaired) electrons. The second-order valence-corrected chi connectivity index (χ2v) is 6.24. The molecule has 0 aromatic rings. The molecular weight excluding hydrogens is 191 g/mol. The van der Waals surface area contributed by atoms with E-state index in [-0.39, 0.29) is 0 Å². The van der Waals surface area contributed by atoms with Gasteiger partial charge >= 0.3 is 0 Å². The van der Waals surface area contributed by atoms with Crippen molar-refractivity contribution in [1.29, 1.82) is 0 Å². The fraction of sp³-hybridized carbons (Fsp3) is 0.867. The molecule has 16 heavy (non-hydrogen) atoms. The van der Waals surface area contributed by atoms with Crippen LogP contribution in [0, 0.1) is 11.8 Å². The van der Waals surface area contributed by atoms with Gasteiger partial charge in [0.05, 0.1) is 0 Å². The first-order chi connectivity index (χ1) is 7.77. The summed E-state index contributed by atoms with van der Waals surface area (Å²) in [5.41, 5.74) is 0. The Morgan fingerprint density at radius 1 is 0.812 bits per heavy atom. The number of hydrogen-bond donors (Lipinski definition) is 0. The van der Waals surface area contributed by atoms with E-state index in [2.05, 4.69) is 20.5 Å². The summed E-state index contributed by atoms with van der Waals surface area (Å²) in [4.78, 5) is 0. The Morgan fingerprint density at radius 3 is 1.50 bits per heavy atom. The molecule has 2 rings (SSSR count). The van der Waals surface area contributed by atoms with Gasteiger partial charge in [-0.2, -0.15) is 0 Å². The first kappa shape index (κ1) is 12.3. The van der Waals surface area contributed by atoms with E-state index in [9.17, 15) is 0 Å². The molecule has 2 aliphatic rings. The van der Waals surface area contributed by atoms with E-state index in [0.29, 0.717) is 5.31 Å². The van der Waals surface area contributed by atoms with E-state index in [1.165, 1.54) is 64.2 Å². The molecule has 0 bridgehead atoms. The molecule has 0 amide bonds. The Balaban J connectivity index is 2.06. The first-order valence-electron chi connectivity index (χ1n) is 7.41. The van der Waals surface area contributed by atoms with Crippen LogP contribution in [0.2, 0.25) is 5.31 Å². The summed E-state index contributed by atoms with van der Waals surface area (Å²) < 4.78 is 0. The van der Waals surface area contributed by atoms with Crippen molar-refractivity contribution >= 4 is 7.85 Å². The zero-order chi connectivity index (χ0) is 11.4. The van der Waals surface area contributed by atoms with Gasteiger partial charge in [0.25, 0.3) is 0 Å². The minimum Gasteiger partial charge on any atom is -0.103 e. The lowest BCUT2D eigenvalue weighted by molar-refractivity contribution is 0.196. The van der Waals surface area contributed by atoms with Crippen molar-refractivity contribution < 1.29 is 0 Å². The van der Waals surface area contributed by atoms with Crippen LogP contribution in [0.15, 0.2) is 12.7 Å². The summed E-state index contributed by atoms with van der Waals surface area (Å²) in [6.45, 7) is 4.18. The molecule has 2 aliphatic carbocycles. The Morgan fingerprint density at radius 2 is 1.19 bits per heavy atom. The maximum atomic E-state index is 4.18. The highest BCUT2D eigenvalue weighted by Gasteiger charge is 2.39. The SMILES string of the molecule is BC(C=C)(C1CCCCC1)C1CCCCC1. The third kappa shape index (κ3) is 2.39. The molecule has 0 unspecified atom stereocenters. The summed E-state index contributed by atoms with van der Waals surface area (Å²) in [5.74, 6) is 1.86. The predicted molar refractivity (Wildman–Crippen MR) is 74.6 cm³/mol. The van der Waals surface area contributed by atoms with Gasteiger partial charge in [-0.25, -0.2) is 0 Å². The molecule has 0 aliphatic heterocycles. The highest BCUT2D eigenvalue weighted by molar-refractivity contribution is 6.17. The number of rotatable bonds is 3. The predicted octanol–water partition coefficient (Wildman–Crippen LogP) is 4.12. The molecule has 90 valence electrons. The maximum absolute atomic E-state index is 4.18. The summed E-state index contributed by atoms with van der Waals surface area (Å²) in [6.07, 6.45) is 16.9. The van der Waals surface area contributed by atoms with Gasteiger partial charge in [-0.05, 0) is 17.2 Å². The Kier molecular flexibility index (Phi) is 4.16. The molecule has 0 saturated heterocycles. The Bertz CT molecular complexity index is 204. The normalized spacial score (nSPS) is 25.5. The summed E-state index contributed by atoms with van der Waals surface area (Å²) >= 11 is 0. The third-order valence-corrected chi connectivity index (χ3v) is 5.41. The molecule has 1 heteroatoms. The van der Waals surface area contributed by atoms with Gasteiger partial charge < -0.3 is 0 Å². The van der Waals surface area contributed by atoms with Gasteiger partial charge in [-0.3, -0.25) is 0 Å². The highest BCUT2D eigenvalue weighted by atomic mass is 14.4. The Hall–Kier alpha value is -0.195. The van der Waals surface area contributed by atoms with E-state index in [0.717, 1.165) is 11.8 Å². The summed E-state index contributed by atoms with van der Waals surface area (Å²) in [6, 6.07) is 0. The third-order valence-electron chi connectivity index (χ3n) is 5.41. The largest absolute Gasteiger partial charge is 0.115 e. The molecule has 0 atom stereocenters. The van der Waals surface area contributed by atoms with Gasteiger partial charge in [0.15, 0.2) is 0 Å². The van der Waals surface area contributed by atoms with Crippen LogP contribution in [0.5, 0.6) is 0 Å². The van der Waals surface area contributed by atoms with Crippen LogP contribution in [-0.2, 0) is 0 Å². The van der Waals surface area contributed by atoms with Crippen molar-refractivity contribution in [3.63, 3.8) is 0 Å². The summed E-state index contributed by atoms with van der Waals surface area (Å²) in [7, 11) is 2.51. The van der Waals surface area contributed by atoms with Crippen LogP contribution < -0.4 is 0 Å². The van der Waals surface area contributed by atoms with Crippen molar-refractivity contribution in [2.75, 3.05) is 0 Å². The molecule has 0 spiro atoms. The second kappa shape index (κ2) is 5.43. The van der Waals surface area contributed by atoms with Crippen molar-refractivity contribution in [3.8, 4) is 0 Å². The lowest BCUT2D eigenvalue weighted by Gasteiger charge is -2.45. The minimum atomic E-state index is 0.445. The summed E-state index contributed by atoms with van der Waals surface area (Å²) in [5, 5.41) is 0.445. The minimum absolute atomic E-state index is 0.445. The van der Waals surface area contributed by atoms with Gasteiger partial charge in [0.2, 0.25) is 0 Å². The fourth-order valence-corrected chi connectivity index (χ4v) is 4.12. The standard InChI is InChI=1S/C15H27B/c1-2-15(16,13-9-5-3-6-10-13)14-11-7-4-8-12-14/h2,13-14H,1,3-12,16H2. The number of hydrogen-bond acceptors (Lipinski definition) is 0. The van der Waals surface area contributed by atoms with Gasteiger partial charge in [-0.1, -0.05) is 70.3 Å². The molecule has 0 N–H and O–H groups in total. The van der Waals surface area contributed by atoms with Crippen LogP contribution in [0.3, 0.4) is 0 Å². The van der Waals surface area contributed by atoms with E-state index in [4.69, 9.17) is 0 Å². The molecule has 0 aromatic heterocycles. The van der Waals surface area contributed by atoms with Crippen LogP contribution in [0.25, 0.3) is 0 Å². The second-order valence-electron chi connectivity index (χ2n) is 6.24. The van der Waals surface area contributed by atoms with E-state index < -0.39 is 0 Å². The Labute approximate surface area is 102 Å². The lowest BCUT2D eigenvalue weighted by Crippen LogP contribution is -2.33. The lowest BCUT2D eigenvalue weighted by atomic mass is 9.49. The van der Waals surface area contributed by atoms with E-state index in [1.54, 1.807) is 0 Å². The van der Waals surface area contributed by atoms with E-state index in [1.807, 2.05) is 0 Å². The molecule has 0 heterocycles. The average Bonchev–Trinajstić information content (AvgIpc) is 2.40. The zero-order valence-corrected chi connectivity index (χ0v) is 11.0. The molecule has 2 saturated carbocycles. The number of allylic oxidation sites excluding steroid dienone is 1. The zero-order valence-electron chi connectivity index (χ0n) is 11.0. The topological polar surface area (TPSA) is 0 Å². The first-order valence-corrected chi connectivity index (χ1v) is 7.41. The van der Waals surface area contributed by atoms with Crippen LogP contribution in [-0.4, -0.2) is 7.85 Å². The molecule has 0 nitrogen and oxygen atoms in total. The van der Waals surface area contributed by atoms with E-state index >= 15 is 0 Å². The van der Waals surface area contributed by atoms with Crippen molar-refractivity contribution in [3.05, 3.63) is 12.7 Å². The van der Waals surface area contributed by atoms with Crippen LogP contribution in [0.1, 0.15) is 64.2 Å². The van der Waals surface area contributed by atoms with Gasteiger partial charge in [0, 0.05) is 0 Å². The molecule has 0 aromatic carbocycles.